The van der Waals surface area contributed by atoms with Gasteiger partial charge in [0, 0.05) is 19.3 Å². The van der Waals surface area contributed by atoms with Crippen LogP contribution in [0.2, 0.25) is 0 Å². The van der Waals surface area contributed by atoms with Crippen LogP contribution in [0.25, 0.3) is 0 Å². The number of hydrogen-bond acceptors (Lipinski definition) is 4. The van der Waals surface area contributed by atoms with Crippen molar-refractivity contribution in [2.24, 2.45) is 0 Å². The summed E-state index contributed by atoms with van der Waals surface area (Å²) in [4.78, 5) is 26.1. The number of carbonyl (C=O) groups is 2. The first-order valence-corrected chi connectivity index (χ1v) is 5.63. The normalized spacial score (nSPS) is 22.1. The highest BCUT2D eigenvalue weighted by molar-refractivity contribution is 5.95. The number of nitrogens with one attached hydrogen (secondary N) is 1. The summed E-state index contributed by atoms with van der Waals surface area (Å²) in [6, 6.07) is 2.90. The van der Waals surface area contributed by atoms with E-state index < -0.39 is 5.97 Å². The van der Waals surface area contributed by atoms with Crippen molar-refractivity contribution in [1.82, 2.24) is 10.3 Å². The molecule has 0 radical (unpaired) electrons. The molecular formula is C12H14N2O4. The predicted octanol–water partition coefficient (Wildman–Crippen LogP) is 0.687. The number of rotatable bonds is 4. The Morgan fingerprint density at radius 2 is 2.17 bits per heavy atom. The molecule has 18 heavy (non-hydrogen) atoms. The Morgan fingerprint density at radius 3 is 2.67 bits per heavy atom. The Morgan fingerprint density at radius 1 is 1.44 bits per heavy atom. The molecule has 2 N–H and O–H groups in total. The lowest BCUT2D eigenvalue weighted by Gasteiger charge is -2.34. The van der Waals surface area contributed by atoms with Gasteiger partial charge in [0.1, 0.15) is 5.69 Å². The fourth-order valence-electron chi connectivity index (χ4n) is 1.80. The predicted molar refractivity (Wildman–Crippen MR) is 62.5 cm³/mol. The summed E-state index contributed by atoms with van der Waals surface area (Å²) in [5.74, 6) is -1.34. The second-order valence-corrected chi connectivity index (χ2v) is 4.24. The Balaban J connectivity index is 1.91. The summed E-state index contributed by atoms with van der Waals surface area (Å²) in [6.45, 7) is 0. The van der Waals surface area contributed by atoms with Gasteiger partial charge in [0.25, 0.3) is 5.91 Å². The van der Waals surface area contributed by atoms with E-state index in [1.807, 2.05) is 0 Å². The van der Waals surface area contributed by atoms with Crippen LogP contribution >= 0.6 is 0 Å². The molecule has 1 fully saturated rings. The molecule has 6 nitrogen and oxygen atoms in total. The molecular weight excluding hydrogens is 236 g/mol. The van der Waals surface area contributed by atoms with E-state index in [4.69, 9.17) is 9.84 Å². The van der Waals surface area contributed by atoms with Crippen LogP contribution in [0, 0.1) is 0 Å². The average molecular weight is 250 g/mol. The SMILES string of the molecule is COC1CC(NC(=O)c2ccc(C(=O)O)nc2)C1. The minimum Gasteiger partial charge on any atom is -0.477 e. The van der Waals surface area contributed by atoms with Gasteiger partial charge in [-0.05, 0) is 25.0 Å². The molecule has 0 saturated heterocycles. The zero-order valence-electron chi connectivity index (χ0n) is 9.92. The molecule has 96 valence electrons. The molecule has 1 amide bonds. The smallest absolute Gasteiger partial charge is 0.354 e. The van der Waals surface area contributed by atoms with Gasteiger partial charge in [-0.25, -0.2) is 9.78 Å². The van der Waals surface area contributed by atoms with Crippen molar-refractivity contribution in [1.29, 1.82) is 0 Å². The molecule has 6 heteroatoms. The van der Waals surface area contributed by atoms with Gasteiger partial charge >= 0.3 is 5.97 Å². The zero-order chi connectivity index (χ0) is 13.1. The van der Waals surface area contributed by atoms with Crippen LogP contribution in [-0.4, -0.2) is 41.2 Å². The number of aromatic nitrogens is 1. The Kier molecular flexibility index (Phi) is 3.57. The topological polar surface area (TPSA) is 88.5 Å². The molecule has 1 aromatic rings. The van der Waals surface area contributed by atoms with Crippen LogP contribution in [0.5, 0.6) is 0 Å². The average Bonchev–Trinajstić information content (AvgIpc) is 2.33. The van der Waals surface area contributed by atoms with Gasteiger partial charge < -0.3 is 15.2 Å². The van der Waals surface area contributed by atoms with Gasteiger partial charge in [-0.15, -0.1) is 0 Å². The number of carbonyl (C=O) groups excluding carboxylic acids is 1. The van der Waals surface area contributed by atoms with Crippen molar-refractivity contribution >= 4 is 11.9 Å². The van der Waals surface area contributed by atoms with Crippen molar-refractivity contribution < 1.29 is 19.4 Å². The second kappa shape index (κ2) is 5.14. The van der Waals surface area contributed by atoms with E-state index in [2.05, 4.69) is 10.3 Å². The van der Waals surface area contributed by atoms with Gasteiger partial charge in [0.05, 0.1) is 11.7 Å². The lowest BCUT2D eigenvalue weighted by molar-refractivity contribution is 0.0176. The van der Waals surface area contributed by atoms with E-state index in [0.29, 0.717) is 5.56 Å². The number of nitrogens with zero attached hydrogens (tertiary/aromatic N) is 1. The monoisotopic (exact) mass is 250 g/mol. The molecule has 1 aliphatic carbocycles. The van der Waals surface area contributed by atoms with Crippen LogP contribution < -0.4 is 5.32 Å². The Hall–Kier alpha value is -1.95. The third-order valence-corrected chi connectivity index (χ3v) is 3.01. The number of methoxy groups -OCH3 is 1. The van der Waals surface area contributed by atoms with Gasteiger partial charge in [-0.2, -0.15) is 0 Å². The first kappa shape index (κ1) is 12.5. The van der Waals surface area contributed by atoms with E-state index in [1.165, 1.54) is 18.3 Å². The molecule has 1 aromatic heterocycles. The first-order chi connectivity index (χ1) is 8.60. The summed E-state index contributed by atoms with van der Waals surface area (Å²) < 4.78 is 5.12. The molecule has 0 aliphatic heterocycles. The summed E-state index contributed by atoms with van der Waals surface area (Å²) in [5, 5.41) is 11.5. The van der Waals surface area contributed by atoms with Gasteiger partial charge in [0.2, 0.25) is 0 Å². The lowest BCUT2D eigenvalue weighted by Crippen LogP contribution is -2.47. The molecule has 1 saturated carbocycles. The van der Waals surface area contributed by atoms with Crippen LogP contribution in [0.1, 0.15) is 33.7 Å². The van der Waals surface area contributed by atoms with Crippen molar-refractivity contribution in [3.8, 4) is 0 Å². The third kappa shape index (κ3) is 2.65. The maximum absolute atomic E-state index is 11.8. The highest BCUT2D eigenvalue weighted by Crippen LogP contribution is 2.22. The quantitative estimate of drug-likeness (QED) is 0.820. The third-order valence-electron chi connectivity index (χ3n) is 3.01. The van der Waals surface area contributed by atoms with Crippen LogP contribution in [0.4, 0.5) is 0 Å². The van der Waals surface area contributed by atoms with Crippen molar-refractivity contribution in [3.05, 3.63) is 29.6 Å². The highest BCUT2D eigenvalue weighted by atomic mass is 16.5. The number of hydrogen-bond donors (Lipinski definition) is 2. The van der Waals surface area contributed by atoms with Crippen LogP contribution in [0.3, 0.4) is 0 Å². The molecule has 0 atom stereocenters. The summed E-state index contributed by atoms with van der Waals surface area (Å²) in [6.07, 6.45) is 3.11. The van der Waals surface area contributed by atoms with E-state index in [-0.39, 0.29) is 23.7 Å². The second-order valence-electron chi connectivity index (χ2n) is 4.24. The van der Waals surface area contributed by atoms with Crippen LogP contribution in [0.15, 0.2) is 18.3 Å². The van der Waals surface area contributed by atoms with Crippen molar-refractivity contribution in [3.63, 3.8) is 0 Å². The fourth-order valence-corrected chi connectivity index (χ4v) is 1.80. The number of carboxylic acid groups (broad SMARTS) is 1. The minimum atomic E-state index is -1.11. The number of amides is 1. The summed E-state index contributed by atoms with van der Waals surface area (Å²) >= 11 is 0. The maximum Gasteiger partial charge on any atom is 0.354 e. The maximum atomic E-state index is 11.8. The number of carboxylic acids is 1. The lowest BCUT2D eigenvalue weighted by atomic mass is 9.89. The van der Waals surface area contributed by atoms with E-state index in [9.17, 15) is 9.59 Å². The van der Waals surface area contributed by atoms with Gasteiger partial charge in [-0.1, -0.05) is 0 Å². The number of ether oxygens (including phenoxy) is 1. The van der Waals surface area contributed by atoms with E-state index in [0.717, 1.165) is 12.8 Å². The zero-order valence-corrected chi connectivity index (χ0v) is 9.92. The molecule has 1 aliphatic rings. The van der Waals surface area contributed by atoms with Crippen LogP contribution in [-0.2, 0) is 4.74 Å². The molecule has 0 bridgehead atoms. The van der Waals surface area contributed by atoms with Crippen molar-refractivity contribution in [2.75, 3.05) is 7.11 Å². The standard InChI is InChI=1S/C12H14N2O4/c1-18-9-4-8(5-9)14-11(15)7-2-3-10(12(16)17)13-6-7/h2-3,6,8-9H,4-5H2,1H3,(H,14,15)(H,16,17). The minimum absolute atomic E-state index is 0.0744. The van der Waals surface area contributed by atoms with E-state index in [1.54, 1.807) is 7.11 Å². The molecule has 2 rings (SSSR count). The van der Waals surface area contributed by atoms with Gasteiger partial charge in [-0.3, -0.25) is 4.79 Å². The summed E-state index contributed by atoms with van der Waals surface area (Å²) in [5.41, 5.74) is 0.288. The first-order valence-electron chi connectivity index (χ1n) is 5.63. The fraction of sp³-hybridized carbons (Fsp3) is 0.417. The molecule has 0 aromatic carbocycles. The summed E-state index contributed by atoms with van der Waals surface area (Å²) in [7, 11) is 1.65. The molecule has 0 spiro atoms. The Bertz CT molecular complexity index is 452. The van der Waals surface area contributed by atoms with Crippen molar-refractivity contribution in [2.45, 2.75) is 25.0 Å². The van der Waals surface area contributed by atoms with Gasteiger partial charge in [0.15, 0.2) is 0 Å². The molecule has 1 heterocycles. The molecule has 0 unspecified atom stereocenters. The Labute approximate surface area is 104 Å². The number of aromatic carboxylic acids is 1. The largest absolute Gasteiger partial charge is 0.477 e. The number of pyridine rings is 1. The van der Waals surface area contributed by atoms with E-state index >= 15 is 0 Å². The highest BCUT2D eigenvalue weighted by Gasteiger charge is 2.30.